The van der Waals surface area contributed by atoms with E-state index in [0.29, 0.717) is 22.9 Å². The van der Waals surface area contributed by atoms with E-state index in [2.05, 4.69) is 31.3 Å². The van der Waals surface area contributed by atoms with Gasteiger partial charge in [-0.2, -0.15) is 0 Å². The van der Waals surface area contributed by atoms with Crippen LogP contribution in [0.1, 0.15) is 17.0 Å². The quantitative estimate of drug-likeness (QED) is 0.285. The summed E-state index contributed by atoms with van der Waals surface area (Å²) in [6.45, 7) is 1.18. The molecule has 0 atom stereocenters. The summed E-state index contributed by atoms with van der Waals surface area (Å²) in [4.78, 5) is 30.0. The third-order valence-corrected chi connectivity index (χ3v) is 7.22. The SMILES string of the molecule is O=C(Nc1nccc(-c2ccnc3[nH]c(-c4ccc(C5COC5)cn4)cc23)c1CO)n1cc2ccccc2c1. The largest absolute Gasteiger partial charge is 0.392 e. The van der Waals surface area contributed by atoms with Crippen LogP contribution in [-0.4, -0.2) is 48.9 Å². The summed E-state index contributed by atoms with van der Waals surface area (Å²) in [6, 6.07) is 17.2. The van der Waals surface area contributed by atoms with Crippen molar-refractivity contribution in [3.05, 3.63) is 96.7 Å². The molecule has 9 heteroatoms. The van der Waals surface area contributed by atoms with Crippen LogP contribution < -0.4 is 5.32 Å². The minimum Gasteiger partial charge on any atom is -0.392 e. The Hall–Kier alpha value is -4.86. The highest BCUT2D eigenvalue weighted by Crippen LogP contribution is 2.35. The number of fused-ring (bicyclic) bond motifs is 2. The van der Waals surface area contributed by atoms with E-state index < -0.39 is 0 Å². The van der Waals surface area contributed by atoms with E-state index in [4.69, 9.17) is 4.74 Å². The smallest absolute Gasteiger partial charge is 0.331 e. The molecule has 0 aliphatic carbocycles. The summed E-state index contributed by atoms with van der Waals surface area (Å²) in [5.41, 5.74) is 5.66. The lowest BCUT2D eigenvalue weighted by molar-refractivity contribution is 0.00830. The number of amides is 1. The van der Waals surface area contributed by atoms with Gasteiger partial charge >= 0.3 is 6.03 Å². The summed E-state index contributed by atoms with van der Waals surface area (Å²) in [7, 11) is 0. The second-order valence-corrected chi connectivity index (χ2v) is 9.58. The molecule has 0 unspecified atom stereocenters. The molecule has 0 saturated carbocycles. The fraction of sp³-hybridized carbons (Fsp3) is 0.133. The molecular formula is C30H24N6O3. The molecule has 1 aliphatic rings. The van der Waals surface area contributed by atoms with Crippen LogP contribution in [0.25, 0.3) is 44.3 Å². The summed E-state index contributed by atoms with van der Waals surface area (Å²) < 4.78 is 6.78. The Morgan fingerprint density at radius 1 is 1.00 bits per heavy atom. The molecular weight excluding hydrogens is 492 g/mol. The van der Waals surface area contributed by atoms with Crippen molar-refractivity contribution in [1.29, 1.82) is 0 Å². The van der Waals surface area contributed by atoms with Crippen molar-refractivity contribution < 1.29 is 14.6 Å². The number of aliphatic hydroxyl groups is 1. The van der Waals surface area contributed by atoms with Gasteiger partial charge < -0.3 is 14.8 Å². The van der Waals surface area contributed by atoms with Crippen molar-refractivity contribution in [2.45, 2.75) is 12.5 Å². The van der Waals surface area contributed by atoms with Gasteiger partial charge in [-0.15, -0.1) is 0 Å². The fourth-order valence-corrected chi connectivity index (χ4v) is 5.01. The Morgan fingerprint density at radius 3 is 2.46 bits per heavy atom. The molecule has 192 valence electrons. The number of hydrogen-bond acceptors (Lipinski definition) is 6. The van der Waals surface area contributed by atoms with Gasteiger partial charge in [0.1, 0.15) is 11.5 Å². The summed E-state index contributed by atoms with van der Waals surface area (Å²) in [6.07, 6.45) is 8.78. The van der Waals surface area contributed by atoms with Crippen molar-refractivity contribution in [2.75, 3.05) is 18.5 Å². The lowest BCUT2D eigenvalue weighted by Crippen LogP contribution is -2.25. The lowest BCUT2D eigenvalue weighted by Gasteiger charge is -2.25. The van der Waals surface area contributed by atoms with Crippen LogP contribution in [0.15, 0.2) is 85.6 Å². The number of carbonyl (C=O) groups excluding carboxylic acids is 1. The van der Waals surface area contributed by atoms with Gasteiger partial charge in [0.2, 0.25) is 0 Å². The first kappa shape index (κ1) is 23.3. The average Bonchev–Trinajstić information content (AvgIpc) is 3.57. The number of benzene rings is 1. The Kier molecular flexibility index (Phi) is 5.65. The third-order valence-electron chi connectivity index (χ3n) is 7.22. The highest BCUT2D eigenvalue weighted by Gasteiger charge is 2.21. The van der Waals surface area contributed by atoms with E-state index in [9.17, 15) is 9.90 Å². The molecule has 0 bridgehead atoms. The van der Waals surface area contributed by atoms with E-state index in [-0.39, 0.29) is 12.6 Å². The van der Waals surface area contributed by atoms with Gasteiger partial charge in [0.05, 0.1) is 31.2 Å². The van der Waals surface area contributed by atoms with Crippen LogP contribution in [0.4, 0.5) is 10.6 Å². The van der Waals surface area contributed by atoms with Gasteiger partial charge in [0.25, 0.3) is 0 Å². The van der Waals surface area contributed by atoms with Crippen molar-refractivity contribution in [2.24, 2.45) is 0 Å². The van der Waals surface area contributed by atoms with Crippen LogP contribution in [0, 0.1) is 0 Å². The third kappa shape index (κ3) is 4.14. The molecule has 1 aliphatic heterocycles. The van der Waals surface area contributed by atoms with Crippen LogP contribution in [0.3, 0.4) is 0 Å². The zero-order valence-electron chi connectivity index (χ0n) is 20.8. The maximum atomic E-state index is 13.1. The standard InChI is InChI=1S/C30H24N6O3/c37-15-25-23(8-10-32-29(25)35-30(38)36-13-19-3-1-2-4-20(19)14-36)22-7-9-31-28-24(22)11-27(34-28)26-6-5-18(12-33-26)21-16-39-17-21/h1-14,21,37H,15-17H2,(H,31,34)(H,32,35,38). The lowest BCUT2D eigenvalue weighted by atomic mass is 9.98. The van der Waals surface area contributed by atoms with E-state index >= 15 is 0 Å². The number of aromatic amines is 1. The predicted molar refractivity (Wildman–Crippen MR) is 148 cm³/mol. The number of rotatable bonds is 5. The number of pyridine rings is 3. The molecule has 1 fully saturated rings. The Balaban J connectivity index is 1.23. The highest BCUT2D eigenvalue weighted by atomic mass is 16.5. The number of aliphatic hydroxyl groups excluding tert-OH is 1. The normalized spacial score (nSPS) is 13.6. The van der Waals surface area contributed by atoms with E-state index in [1.54, 1.807) is 24.8 Å². The molecule has 1 amide bonds. The van der Waals surface area contributed by atoms with E-state index in [0.717, 1.165) is 51.9 Å². The van der Waals surface area contributed by atoms with Crippen LogP contribution >= 0.6 is 0 Å². The summed E-state index contributed by atoms with van der Waals surface area (Å²) >= 11 is 0. The monoisotopic (exact) mass is 516 g/mol. The molecule has 3 N–H and O–H groups in total. The maximum Gasteiger partial charge on any atom is 0.331 e. The zero-order chi connectivity index (χ0) is 26.3. The molecule has 1 aromatic carbocycles. The zero-order valence-corrected chi connectivity index (χ0v) is 20.8. The van der Waals surface area contributed by atoms with Crippen LogP contribution in [-0.2, 0) is 11.3 Å². The first-order valence-electron chi connectivity index (χ1n) is 12.7. The molecule has 5 aromatic heterocycles. The van der Waals surface area contributed by atoms with Crippen molar-refractivity contribution in [3.8, 4) is 22.5 Å². The highest BCUT2D eigenvalue weighted by molar-refractivity contribution is 5.99. The Bertz CT molecular complexity index is 1800. The topological polar surface area (TPSA) is 118 Å². The summed E-state index contributed by atoms with van der Waals surface area (Å²) in [5.74, 6) is 0.716. The van der Waals surface area contributed by atoms with E-state index in [1.165, 1.54) is 10.1 Å². The molecule has 6 heterocycles. The minimum absolute atomic E-state index is 0.302. The number of hydrogen-bond donors (Lipinski definition) is 3. The second-order valence-electron chi connectivity index (χ2n) is 9.58. The van der Waals surface area contributed by atoms with Crippen molar-refractivity contribution >= 4 is 33.7 Å². The van der Waals surface area contributed by atoms with Gasteiger partial charge in [0, 0.05) is 47.9 Å². The second kappa shape index (κ2) is 9.46. The van der Waals surface area contributed by atoms with Crippen molar-refractivity contribution in [3.63, 3.8) is 0 Å². The molecule has 39 heavy (non-hydrogen) atoms. The minimum atomic E-state index is -0.364. The first-order valence-corrected chi connectivity index (χ1v) is 12.7. The predicted octanol–water partition coefficient (Wildman–Crippen LogP) is 5.33. The average molecular weight is 517 g/mol. The summed E-state index contributed by atoms with van der Waals surface area (Å²) in [5, 5.41) is 16.0. The molecule has 7 rings (SSSR count). The number of nitrogens with one attached hydrogen (secondary N) is 2. The van der Waals surface area contributed by atoms with Gasteiger partial charge in [0.15, 0.2) is 0 Å². The number of ether oxygens (including phenoxy) is 1. The fourth-order valence-electron chi connectivity index (χ4n) is 5.01. The number of nitrogens with zero attached hydrogens (tertiary/aromatic N) is 4. The van der Waals surface area contributed by atoms with Gasteiger partial charge in [-0.3, -0.25) is 14.9 Å². The number of H-pyrrole nitrogens is 1. The molecule has 6 aromatic rings. The van der Waals surface area contributed by atoms with Crippen LogP contribution in [0.2, 0.25) is 0 Å². The van der Waals surface area contributed by atoms with E-state index in [1.807, 2.05) is 54.7 Å². The molecule has 9 nitrogen and oxygen atoms in total. The maximum absolute atomic E-state index is 13.1. The molecule has 1 saturated heterocycles. The van der Waals surface area contributed by atoms with Crippen molar-refractivity contribution in [1.82, 2.24) is 24.5 Å². The molecule has 0 spiro atoms. The first-order chi connectivity index (χ1) is 19.2. The van der Waals surface area contributed by atoms with Crippen LogP contribution in [0.5, 0.6) is 0 Å². The van der Waals surface area contributed by atoms with Gasteiger partial charge in [-0.25, -0.2) is 14.8 Å². The van der Waals surface area contributed by atoms with Gasteiger partial charge in [-0.05, 0) is 51.7 Å². The Labute approximate surface area is 223 Å². The van der Waals surface area contributed by atoms with Gasteiger partial charge in [-0.1, -0.05) is 30.3 Å². The number of carbonyl (C=O) groups is 1. The molecule has 0 radical (unpaired) electrons. The number of aromatic nitrogens is 5. The number of anilines is 1. The Morgan fingerprint density at radius 2 is 1.77 bits per heavy atom.